The molecule has 328 valence electrons. The van der Waals surface area contributed by atoms with Crippen molar-refractivity contribution in [1.29, 1.82) is 0 Å². The van der Waals surface area contributed by atoms with Crippen LogP contribution in [0.4, 0.5) is 0 Å². The summed E-state index contributed by atoms with van der Waals surface area (Å²) in [7, 11) is 0. The van der Waals surface area contributed by atoms with Crippen molar-refractivity contribution in [2.24, 2.45) is 0 Å². The molecule has 4 saturated heterocycles. The maximum Gasteiger partial charge on any atom is 0.195 e. The third kappa shape index (κ3) is 9.99. The van der Waals surface area contributed by atoms with E-state index in [-0.39, 0.29) is 0 Å². The number of carbonyl (C=O) groups excluding carboxylic acids is 1. The molecule has 14 unspecified atom stereocenters. The van der Waals surface area contributed by atoms with Crippen LogP contribution in [0.2, 0.25) is 0 Å². The lowest BCUT2D eigenvalue weighted by Crippen LogP contribution is -2.67. The molecular weight excluding hydrogens is 776 g/mol. The molecule has 4 aliphatic rings. The highest BCUT2D eigenvalue weighted by Gasteiger charge is 2.55. The van der Waals surface area contributed by atoms with Gasteiger partial charge >= 0.3 is 0 Å². The van der Waals surface area contributed by atoms with Gasteiger partial charge in [0, 0.05) is 0 Å². The number of aliphatic hydroxyl groups is 17. The molecule has 0 aromatic carbocycles. The van der Waals surface area contributed by atoms with Crippen LogP contribution in [0.15, 0.2) is 0 Å². The molecule has 0 spiro atoms. The largest absolute Gasteiger partial charge is 0.394 e. The predicted octanol–water partition coefficient (Wildman–Crippen LogP) is -12.1. The Labute approximate surface area is 316 Å². The number of aliphatic hydroxyl groups excluding tert-OH is 17. The lowest BCUT2D eigenvalue weighted by molar-refractivity contribution is -0.389. The molecule has 0 radical (unpaired) electrons. The molecule has 23 atom stereocenters. The lowest BCUT2D eigenvalue weighted by Gasteiger charge is -2.49. The van der Waals surface area contributed by atoms with E-state index < -0.39 is 187 Å². The van der Waals surface area contributed by atoms with Gasteiger partial charge in [-0.05, 0) is 0 Å². The van der Waals surface area contributed by atoms with Gasteiger partial charge in [-0.15, -0.1) is 0 Å². The third-order valence-electron chi connectivity index (χ3n) is 9.78. The molecule has 0 amide bonds. The van der Waals surface area contributed by atoms with Gasteiger partial charge in [0.05, 0.1) is 39.6 Å². The van der Waals surface area contributed by atoms with Gasteiger partial charge in [0.25, 0.3) is 0 Å². The van der Waals surface area contributed by atoms with Crippen LogP contribution in [-0.4, -0.2) is 273 Å². The van der Waals surface area contributed by atoms with Crippen LogP contribution >= 0.6 is 0 Å². The third-order valence-corrected chi connectivity index (χ3v) is 9.78. The first kappa shape index (κ1) is 47.3. The van der Waals surface area contributed by atoms with Gasteiger partial charge in [0.1, 0.15) is 116 Å². The van der Waals surface area contributed by atoms with Crippen molar-refractivity contribution in [1.82, 2.24) is 0 Å². The van der Waals surface area contributed by atoms with Gasteiger partial charge in [0.15, 0.2) is 30.9 Å². The summed E-state index contributed by atoms with van der Waals surface area (Å²) in [5.41, 5.74) is 0. The summed E-state index contributed by atoms with van der Waals surface area (Å²) >= 11 is 0. The SMILES string of the molecule is O=C(C(O)CO)C(O[C@@H]1OC(CO)C(O[C@@H]2OC(CO)C(O[C@@H]3OC(CO)C(O[C@@H]4OC(CO)[C@H](O)[C@H](O)C4O)[C@H](O)C3O)[C@H](O)C2O)[C@H](O)C1O)C(O)CO. The molecule has 26 nitrogen and oxygen atoms in total. The Kier molecular flexibility index (Phi) is 17.6. The first-order chi connectivity index (χ1) is 26.5. The van der Waals surface area contributed by atoms with E-state index in [1.165, 1.54) is 0 Å². The van der Waals surface area contributed by atoms with E-state index in [9.17, 15) is 86.5 Å². The van der Waals surface area contributed by atoms with Gasteiger partial charge in [-0.2, -0.15) is 0 Å². The minimum Gasteiger partial charge on any atom is -0.394 e. The van der Waals surface area contributed by atoms with Crippen LogP contribution in [0, 0.1) is 0 Å². The Hall–Kier alpha value is -1.33. The molecule has 4 heterocycles. The second kappa shape index (κ2) is 20.8. The fourth-order valence-electron chi connectivity index (χ4n) is 6.51. The fraction of sp³-hybridized carbons (Fsp3) is 0.967. The van der Waals surface area contributed by atoms with Gasteiger partial charge in [-0.25, -0.2) is 0 Å². The van der Waals surface area contributed by atoms with Crippen molar-refractivity contribution >= 4 is 5.78 Å². The second-order valence-corrected chi connectivity index (χ2v) is 13.5. The number of ether oxygens (including phenoxy) is 8. The summed E-state index contributed by atoms with van der Waals surface area (Å²) in [6, 6.07) is 0. The van der Waals surface area contributed by atoms with Crippen molar-refractivity contribution in [3.63, 3.8) is 0 Å². The van der Waals surface area contributed by atoms with E-state index in [1.807, 2.05) is 0 Å². The monoisotopic (exact) mass is 828 g/mol. The van der Waals surface area contributed by atoms with Crippen LogP contribution in [0.1, 0.15) is 0 Å². The molecule has 56 heavy (non-hydrogen) atoms. The zero-order valence-electron chi connectivity index (χ0n) is 29.3. The standard InChI is InChI=1S/C30H52O26/c31-1-7(37)13(39)23(8(38)2-32)53-28-20(46)16(42)25(10(4-34)50-28)55-30-22(48)18(44)26(12(6-36)52-30)56-29-21(47)17(43)24(11(5-35)51-29)54-27-19(45)15(41)14(40)9(3-33)49-27/h7-12,14-38,40-48H,1-6H2/t7?,8?,9?,10?,11?,12?,14-,15-,16+,17+,18+,19?,20?,21?,22?,23?,24?,25?,26?,27-,28-,29-,30-/m0/s1. The topological polar surface area (TPSA) is 435 Å². The Morgan fingerprint density at radius 3 is 1.14 bits per heavy atom. The molecule has 4 rings (SSSR count). The minimum absolute atomic E-state index is 0.818. The lowest BCUT2D eigenvalue weighted by atomic mass is 9.95. The van der Waals surface area contributed by atoms with E-state index in [0.29, 0.717) is 0 Å². The zero-order chi connectivity index (χ0) is 41.8. The molecule has 17 N–H and O–H groups in total. The summed E-state index contributed by atoms with van der Waals surface area (Å²) in [5.74, 6) is -1.34. The molecule has 4 fully saturated rings. The summed E-state index contributed by atoms with van der Waals surface area (Å²) in [6.07, 6.45) is -44.0. The van der Waals surface area contributed by atoms with Crippen molar-refractivity contribution in [2.45, 2.75) is 141 Å². The number of hydrogen-bond acceptors (Lipinski definition) is 26. The highest BCUT2D eigenvalue weighted by Crippen LogP contribution is 2.34. The maximum atomic E-state index is 12.4. The number of Topliss-reactive ketones (excluding diaryl/α,β-unsaturated/α-hetero) is 1. The molecule has 0 saturated carbocycles. The average molecular weight is 829 g/mol. The molecule has 0 aliphatic carbocycles. The highest BCUT2D eigenvalue weighted by atomic mass is 16.8. The smallest absolute Gasteiger partial charge is 0.195 e. The number of rotatable bonds is 17. The minimum atomic E-state index is -2.17. The number of ketones is 1. The Morgan fingerprint density at radius 2 is 0.786 bits per heavy atom. The van der Waals surface area contributed by atoms with Crippen molar-refractivity contribution in [2.75, 3.05) is 39.6 Å². The summed E-state index contributed by atoms with van der Waals surface area (Å²) in [5, 5.41) is 174. The normalized spacial score (nSPS) is 46.6. The van der Waals surface area contributed by atoms with E-state index in [4.69, 9.17) is 43.0 Å². The molecule has 4 aliphatic heterocycles. The average Bonchev–Trinajstić information content (AvgIpc) is 3.20. The van der Waals surface area contributed by atoms with Crippen LogP contribution in [0.25, 0.3) is 0 Å². The van der Waals surface area contributed by atoms with Crippen LogP contribution in [-0.2, 0) is 42.7 Å². The molecule has 0 bridgehead atoms. The van der Waals surface area contributed by atoms with Crippen LogP contribution < -0.4 is 0 Å². The van der Waals surface area contributed by atoms with E-state index in [0.717, 1.165) is 0 Å². The zero-order valence-corrected chi connectivity index (χ0v) is 29.3. The second-order valence-electron chi connectivity index (χ2n) is 13.5. The van der Waals surface area contributed by atoms with Crippen molar-refractivity contribution < 1.29 is 130 Å². The van der Waals surface area contributed by atoms with E-state index in [2.05, 4.69) is 0 Å². The summed E-state index contributed by atoms with van der Waals surface area (Å²) in [6.45, 7) is -5.98. The summed E-state index contributed by atoms with van der Waals surface area (Å²) < 4.78 is 43.6. The molecular formula is C30H52O26. The first-order valence-corrected chi connectivity index (χ1v) is 17.4. The first-order valence-electron chi connectivity index (χ1n) is 17.4. The van der Waals surface area contributed by atoms with Gasteiger partial charge < -0.3 is 125 Å². The van der Waals surface area contributed by atoms with Crippen molar-refractivity contribution in [3.8, 4) is 0 Å². The molecule has 26 heteroatoms. The Morgan fingerprint density at radius 1 is 0.446 bits per heavy atom. The van der Waals surface area contributed by atoms with Crippen LogP contribution in [0.3, 0.4) is 0 Å². The van der Waals surface area contributed by atoms with Crippen LogP contribution in [0.5, 0.6) is 0 Å². The van der Waals surface area contributed by atoms with Gasteiger partial charge in [0.2, 0.25) is 0 Å². The Bertz CT molecular complexity index is 1200. The number of carbonyl (C=O) groups is 1. The fourth-order valence-corrected chi connectivity index (χ4v) is 6.51. The maximum absolute atomic E-state index is 12.4. The summed E-state index contributed by atoms with van der Waals surface area (Å²) in [4.78, 5) is 12.4. The Balaban J connectivity index is 1.43. The van der Waals surface area contributed by atoms with Gasteiger partial charge in [-0.3, -0.25) is 4.79 Å². The van der Waals surface area contributed by atoms with E-state index in [1.54, 1.807) is 0 Å². The molecule has 0 aromatic heterocycles. The number of hydrogen-bond donors (Lipinski definition) is 17. The predicted molar refractivity (Wildman–Crippen MR) is 168 cm³/mol. The van der Waals surface area contributed by atoms with Gasteiger partial charge in [-0.1, -0.05) is 0 Å². The van der Waals surface area contributed by atoms with E-state index >= 15 is 0 Å². The quantitative estimate of drug-likeness (QED) is 0.0647. The highest BCUT2D eigenvalue weighted by molar-refractivity contribution is 5.87. The molecule has 0 aromatic rings. The van der Waals surface area contributed by atoms with Crippen molar-refractivity contribution in [3.05, 3.63) is 0 Å².